The molecule has 54 valence electrons. The van der Waals surface area contributed by atoms with Crippen LogP contribution < -0.4 is 5.73 Å². The van der Waals surface area contributed by atoms with Crippen molar-refractivity contribution in [2.24, 2.45) is 11.7 Å². The van der Waals surface area contributed by atoms with Gasteiger partial charge in [0.25, 0.3) is 0 Å². The minimum atomic E-state index is -0.806. The van der Waals surface area contributed by atoms with Crippen LogP contribution in [0.4, 0.5) is 0 Å². The van der Waals surface area contributed by atoms with Crippen LogP contribution in [0.3, 0.4) is 0 Å². The summed E-state index contributed by atoms with van der Waals surface area (Å²) in [4.78, 5) is 10.0. The lowest BCUT2D eigenvalue weighted by molar-refractivity contribution is -0.137. The van der Waals surface area contributed by atoms with Gasteiger partial charge in [-0.05, 0) is 18.2 Å². The predicted molar refractivity (Wildman–Crippen MR) is 38.7 cm³/mol. The smallest absolute Gasteiger partial charge is 0.303 e. The van der Waals surface area contributed by atoms with Gasteiger partial charge in [-0.2, -0.15) is 12.6 Å². The van der Waals surface area contributed by atoms with Crippen LogP contribution in [-0.4, -0.2) is 23.4 Å². The van der Waals surface area contributed by atoms with Crippen molar-refractivity contribution < 1.29 is 9.90 Å². The van der Waals surface area contributed by atoms with E-state index in [9.17, 15) is 4.79 Å². The van der Waals surface area contributed by atoms with Crippen LogP contribution in [0, 0.1) is 5.92 Å². The second-order valence-electron chi connectivity index (χ2n) is 1.88. The number of aliphatic carboxylic acids is 1. The molecule has 0 aromatic heterocycles. The molecule has 0 fully saturated rings. The second kappa shape index (κ2) is 4.64. The van der Waals surface area contributed by atoms with Gasteiger partial charge < -0.3 is 10.8 Å². The Morgan fingerprint density at radius 1 is 1.78 bits per heavy atom. The molecule has 0 spiro atoms. The minimum Gasteiger partial charge on any atom is -0.481 e. The zero-order chi connectivity index (χ0) is 7.28. The Morgan fingerprint density at radius 2 is 2.33 bits per heavy atom. The Labute approximate surface area is 59.6 Å². The zero-order valence-corrected chi connectivity index (χ0v) is 5.97. The molecule has 0 bridgehead atoms. The van der Waals surface area contributed by atoms with Gasteiger partial charge in [0.15, 0.2) is 0 Å². The van der Waals surface area contributed by atoms with Crippen molar-refractivity contribution in [1.29, 1.82) is 0 Å². The first kappa shape index (κ1) is 8.78. The number of thiol groups is 1. The van der Waals surface area contributed by atoms with Crippen molar-refractivity contribution in [3.05, 3.63) is 0 Å². The molecule has 4 heteroatoms. The lowest BCUT2D eigenvalue weighted by atomic mass is 10.1. The molecule has 0 saturated heterocycles. The van der Waals surface area contributed by atoms with E-state index in [0.717, 1.165) is 0 Å². The number of carbonyl (C=O) groups is 1. The lowest BCUT2D eigenvalue weighted by Crippen LogP contribution is -2.19. The van der Waals surface area contributed by atoms with E-state index in [2.05, 4.69) is 12.6 Å². The molecule has 0 aliphatic heterocycles. The standard InChI is InChI=1S/C5H11NO2S/c6-2-4(3-9)1-5(7)8/h4,9H,1-3,6H2,(H,7,8). The summed E-state index contributed by atoms with van der Waals surface area (Å²) < 4.78 is 0. The Balaban J connectivity index is 3.43. The maximum atomic E-state index is 10.0. The number of rotatable bonds is 4. The van der Waals surface area contributed by atoms with Gasteiger partial charge in [-0.15, -0.1) is 0 Å². The van der Waals surface area contributed by atoms with Crippen LogP contribution in [0.15, 0.2) is 0 Å². The zero-order valence-electron chi connectivity index (χ0n) is 5.08. The maximum Gasteiger partial charge on any atom is 0.303 e. The summed E-state index contributed by atoms with van der Waals surface area (Å²) in [5, 5.41) is 8.26. The molecule has 1 atom stereocenters. The van der Waals surface area contributed by atoms with Gasteiger partial charge in [0.2, 0.25) is 0 Å². The van der Waals surface area contributed by atoms with E-state index >= 15 is 0 Å². The molecular weight excluding hydrogens is 138 g/mol. The van der Waals surface area contributed by atoms with E-state index in [0.29, 0.717) is 12.3 Å². The van der Waals surface area contributed by atoms with E-state index in [1.54, 1.807) is 0 Å². The third kappa shape index (κ3) is 4.29. The first-order valence-electron chi connectivity index (χ1n) is 2.73. The molecule has 0 aromatic carbocycles. The minimum absolute atomic E-state index is 0.0193. The van der Waals surface area contributed by atoms with Crippen molar-refractivity contribution in [3.8, 4) is 0 Å². The van der Waals surface area contributed by atoms with Crippen molar-refractivity contribution in [2.45, 2.75) is 6.42 Å². The van der Waals surface area contributed by atoms with E-state index in [-0.39, 0.29) is 12.3 Å². The lowest BCUT2D eigenvalue weighted by Gasteiger charge is -2.05. The fraction of sp³-hybridized carbons (Fsp3) is 0.800. The fourth-order valence-corrected chi connectivity index (χ4v) is 0.748. The summed E-state index contributed by atoms with van der Waals surface area (Å²) in [5.41, 5.74) is 5.22. The summed E-state index contributed by atoms with van der Waals surface area (Å²) in [6, 6.07) is 0. The van der Waals surface area contributed by atoms with E-state index < -0.39 is 5.97 Å². The second-order valence-corrected chi connectivity index (χ2v) is 2.25. The maximum absolute atomic E-state index is 10.0. The van der Waals surface area contributed by atoms with E-state index in [4.69, 9.17) is 10.8 Å². The van der Waals surface area contributed by atoms with Crippen molar-refractivity contribution >= 4 is 18.6 Å². The van der Waals surface area contributed by atoms with Gasteiger partial charge in [-0.1, -0.05) is 0 Å². The Morgan fingerprint density at radius 3 is 2.44 bits per heavy atom. The Bertz CT molecular complexity index is 93.0. The van der Waals surface area contributed by atoms with Gasteiger partial charge in [-0.25, -0.2) is 0 Å². The summed E-state index contributed by atoms with van der Waals surface area (Å²) in [6.45, 7) is 0.399. The molecule has 0 saturated carbocycles. The highest BCUT2D eigenvalue weighted by molar-refractivity contribution is 7.80. The summed E-state index contributed by atoms with van der Waals surface area (Å²) in [6.07, 6.45) is 0.125. The Hall–Kier alpha value is -0.220. The molecule has 0 aromatic rings. The van der Waals surface area contributed by atoms with Crippen molar-refractivity contribution in [1.82, 2.24) is 0 Å². The topological polar surface area (TPSA) is 63.3 Å². The molecule has 3 N–H and O–H groups in total. The number of hydrogen-bond donors (Lipinski definition) is 3. The molecule has 0 heterocycles. The highest BCUT2D eigenvalue weighted by Crippen LogP contribution is 2.01. The Kier molecular flexibility index (Phi) is 4.53. The van der Waals surface area contributed by atoms with Crippen molar-refractivity contribution in [3.63, 3.8) is 0 Å². The largest absolute Gasteiger partial charge is 0.481 e. The average molecular weight is 149 g/mol. The average Bonchev–Trinajstić information content (AvgIpc) is 1.82. The molecule has 0 aliphatic carbocycles. The van der Waals surface area contributed by atoms with Crippen LogP contribution in [-0.2, 0) is 4.79 Å². The molecule has 0 aliphatic rings. The summed E-state index contributed by atoms with van der Waals surface area (Å²) >= 11 is 3.93. The first-order valence-corrected chi connectivity index (χ1v) is 3.36. The first-order chi connectivity index (χ1) is 4.20. The van der Waals surface area contributed by atoms with E-state index in [1.165, 1.54) is 0 Å². The van der Waals surface area contributed by atoms with Gasteiger partial charge in [0.1, 0.15) is 0 Å². The van der Waals surface area contributed by atoms with Crippen LogP contribution >= 0.6 is 12.6 Å². The summed E-state index contributed by atoms with van der Waals surface area (Å²) in [5.74, 6) is -0.242. The van der Waals surface area contributed by atoms with Gasteiger partial charge >= 0.3 is 5.97 Å². The molecule has 0 rings (SSSR count). The molecule has 0 radical (unpaired) electrons. The summed E-state index contributed by atoms with van der Waals surface area (Å²) in [7, 11) is 0. The number of carboxylic acids is 1. The quantitative estimate of drug-likeness (QED) is 0.492. The fourth-order valence-electron chi connectivity index (χ4n) is 0.469. The van der Waals surface area contributed by atoms with Crippen LogP contribution in [0.2, 0.25) is 0 Å². The molecule has 3 nitrogen and oxygen atoms in total. The highest BCUT2D eigenvalue weighted by Gasteiger charge is 2.07. The van der Waals surface area contributed by atoms with E-state index in [1.807, 2.05) is 0 Å². The highest BCUT2D eigenvalue weighted by atomic mass is 32.1. The molecular formula is C5H11NO2S. The number of nitrogens with two attached hydrogens (primary N) is 1. The monoisotopic (exact) mass is 149 g/mol. The van der Waals surface area contributed by atoms with Gasteiger partial charge in [0.05, 0.1) is 6.42 Å². The van der Waals surface area contributed by atoms with Crippen LogP contribution in [0.25, 0.3) is 0 Å². The van der Waals surface area contributed by atoms with Gasteiger partial charge in [-0.3, -0.25) is 4.79 Å². The molecule has 9 heavy (non-hydrogen) atoms. The third-order valence-corrected chi connectivity index (χ3v) is 1.57. The molecule has 0 amide bonds. The van der Waals surface area contributed by atoms with Crippen LogP contribution in [0.5, 0.6) is 0 Å². The van der Waals surface area contributed by atoms with Crippen LogP contribution in [0.1, 0.15) is 6.42 Å². The predicted octanol–water partition coefficient (Wildman–Crippen LogP) is -0.0342. The normalized spacial score (nSPS) is 13.1. The SMILES string of the molecule is NCC(CS)CC(=O)O. The van der Waals surface area contributed by atoms with Crippen molar-refractivity contribution in [2.75, 3.05) is 12.3 Å². The number of carboxylic acid groups (broad SMARTS) is 1. The molecule has 1 unspecified atom stereocenters. The number of hydrogen-bond acceptors (Lipinski definition) is 3. The third-order valence-electron chi connectivity index (χ3n) is 1.05. The van der Waals surface area contributed by atoms with Gasteiger partial charge in [0, 0.05) is 0 Å².